The van der Waals surface area contributed by atoms with Crippen LogP contribution in [0.5, 0.6) is 5.75 Å². The second-order valence-electron chi connectivity index (χ2n) is 13.5. The van der Waals surface area contributed by atoms with E-state index in [1.165, 1.54) is 12.1 Å². The summed E-state index contributed by atoms with van der Waals surface area (Å²) < 4.78 is 46.1. The Bertz CT molecular complexity index is 2480. The molecule has 2 aromatic heterocycles. The topological polar surface area (TPSA) is 65.7 Å². The fraction of sp³-hybridized carbons (Fsp3) is 0.106. The number of benzene rings is 6. The van der Waals surface area contributed by atoms with Crippen molar-refractivity contribution < 1.29 is 17.9 Å². The van der Waals surface area contributed by atoms with Gasteiger partial charge in [-0.3, -0.25) is 4.98 Å². The molecular formula is C47H36F3N5O. The molecule has 0 saturated carbocycles. The lowest BCUT2D eigenvalue weighted by atomic mass is 9.77. The molecule has 8 rings (SSSR count). The maximum Gasteiger partial charge on any atom is 0.416 e. The van der Waals surface area contributed by atoms with Crippen molar-refractivity contribution in [2.45, 2.75) is 32.2 Å². The summed E-state index contributed by atoms with van der Waals surface area (Å²) in [5.74, 6) is 1.04. The lowest BCUT2D eigenvalue weighted by Gasteiger charge is -2.34. The third kappa shape index (κ3) is 6.95. The Labute approximate surface area is 322 Å². The minimum absolute atomic E-state index is 0.245. The van der Waals surface area contributed by atoms with Gasteiger partial charge in [0, 0.05) is 28.6 Å². The number of ether oxygens (including phenoxy) is 1. The quantitative estimate of drug-likeness (QED) is 0.131. The Morgan fingerprint density at radius 1 is 0.571 bits per heavy atom. The molecule has 6 nitrogen and oxygen atoms in total. The highest BCUT2D eigenvalue weighted by molar-refractivity contribution is 5.80. The molecule has 0 aliphatic heterocycles. The number of alkyl halides is 3. The monoisotopic (exact) mass is 743 g/mol. The maximum absolute atomic E-state index is 13.3. The molecule has 0 unspecified atom stereocenters. The molecule has 0 atom stereocenters. The van der Waals surface area contributed by atoms with Crippen LogP contribution in [-0.4, -0.2) is 25.2 Å². The van der Waals surface area contributed by atoms with Gasteiger partial charge in [0.2, 0.25) is 5.82 Å². The number of rotatable bonds is 10. The number of halogens is 3. The van der Waals surface area contributed by atoms with Gasteiger partial charge in [0.1, 0.15) is 12.4 Å². The molecule has 0 fully saturated rings. The highest BCUT2D eigenvalue weighted by atomic mass is 19.4. The van der Waals surface area contributed by atoms with Crippen molar-refractivity contribution in [3.05, 3.63) is 209 Å². The Morgan fingerprint density at radius 2 is 1.09 bits per heavy atom. The predicted molar refractivity (Wildman–Crippen MR) is 212 cm³/mol. The van der Waals surface area contributed by atoms with Gasteiger partial charge < -0.3 is 4.74 Å². The predicted octanol–water partition coefficient (Wildman–Crippen LogP) is 11.1. The summed E-state index contributed by atoms with van der Waals surface area (Å²) in [7, 11) is 0. The Balaban J connectivity index is 1.10. The van der Waals surface area contributed by atoms with Gasteiger partial charge >= 0.3 is 6.18 Å². The number of hydrogen-bond acceptors (Lipinski definition) is 5. The zero-order valence-electron chi connectivity index (χ0n) is 30.7. The number of pyridine rings is 1. The molecule has 0 spiro atoms. The van der Waals surface area contributed by atoms with Gasteiger partial charge in [-0.25, -0.2) is 0 Å². The second-order valence-corrected chi connectivity index (χ2v) is 13.5. The molecule has 6 aromatic carbocycles. The van der Waals surface area contributed by atoms with E-state index < -0.39 is 17.3 Å². The lowest BCUT2D eigenvalue weighted by molar-refractivity contribution is -0.137. The van der Waals surface area contributed by atoms with Crippen molar-refractivity contribution in [2.75, 3.05) is 0 Å². The maximum atomic E-state index is 13.3. The molecule has 0 radical (unpaired) electrons. The summed E-state index contributed by atoms with van der Waals surface area (Å²) >= 11 is 0. The molecule has 0 saturated heterocycles. The van der Waals surface area contributed by atoms with Gasteiger partial charge in [0.15, 0.2) is 5.54 Å². The van der Waals surface area contributed by atoms with Crippen LogP contribution in [0, 0.1) is 13.8 Å². The number of nitrogens with zero attached hydrogens (tertiary/aromatic N) is 5. The Kier molecular flexibility index (Phi) is 9.74. The molecule has 8 aromatic rings. The standard InChI is InChI=1S/C47H36F3N5O/c1-32-30-43(44(33(2)51-32)36-26-28-40(29-27-36)47(48,49)50)56-31-34-22-24-35(25-23-34)41-20-12-13-21-42(41)45-52-54-55(53-45)46(37-14-6-3-7-15-37,38-16-8-4-9-17-38)39-18-10-5-11-19-39/h3-30H,31H2,1-2H3. The summed E-state index contributed by atoms with van der Waals surface area (Å²) in [6, 6.07) is 53.6. The van der Waals surface area contributed by atoms with Crippen LogP contribution < -0.4 is 4.74 Å². The summed E-state index contributed by atoms with van der Waals surface area (Å²) in [6.45, 7) is 3.94. The van der Waals surface area contributed by atoms with Crippen molar-refractivity contribution in [2.24, 2.45) is 0 Å². The largest absolute Gasteiger partial charge is 0.488 e. The van der Waals surface area contributed by atoms with E-state index in [-0.39, 0.29) is 6.61 Å². The van der Waals surface area contributed by atoms with E-state index in [9.17, 15) is 13.2 Å². The zero-order chi connectivity index (χ0) is 38.7. The highest BCUT2D eigenvalue weighted by Crippen LogP contribution is 2.41. The summed E-state index contributed by atoms with van der Waals surface area (Å²) in [5.41, 5.74) is 7.71. The van der Waals surface area contributed by atoms with E-state index in [0.29, 0.717) is 28.4 Å². The van der Waals surface area contributed by atoms with E-state index >= 15 is 0 Å². The summed E-state index contributed by atoms with van der Waals surface area (Å²) in [6.07, 6.45) is -4.42. The van der Waals surface area contributed by atoms with E-state index in [1.54, 1.807) is 4.80 Å². The van der Waals surface area contributed by atoms with Crippen molar-refractivity contribution in [3.63, 3.8) is 0 Å². The Hall–Kier alpha value is -6.87. The van der Waals surface area contributed by atoms with Gasteiger partial charge in [0.05, 0.1) is 5.56 Å². The first kappa shape index (κ1) is 36.1. The molecule has 56 heavy (non-hydrogen) atoms. The highest BCUT2D eigenvalue weighted by Gasteiger charge is 2.41. The van der Waals surface area contributed by atoms with Gasteiger partial charge in [-0.05, 0) is 70.1 Å². The first-order valence-electron chi connectivity index (χ1n) is 18.2. The molecule has 0 amide bonds. The van der Waals surface area contributed by atoms with Gasteiger partial charge in [-0.2, -0.15) is 13.2 Å². The van der Waals surface area contributed by atoms with Gasteiger partial charge in [0.25, 0.3) is 0 Å². The van der Waals surface area contributed by atoms with Crippen molar-refractivity contribution in [1.82, 2.24) is 25.2 Å². The average Bonchev–Trinajstić information content (AvgIpc) is 3.72. The van der Waals surface area contributed by atoms with Gasteiger partial charge in [-0.15, -0.1) is 15.0 Å². The fourth-order valence-electron chi connectivity index (χ4n) is 7.30. The van der Waals surface area contributed by atoms with E-state index in [0.717, 1.165) is 56.8 Å². The van der Waals surface area contributed by atoms with Crippen LogP contribution in [0.3, 0.4) is 0 Å². The van der Waals surface area contributed by atoms with E-state index in [4.69, 9.17) is 15.0 Å². The Morgan fingerprint density at radius 3 is 1.64 bits per heavy atom. The minimum Gasteiger partial charge on any atom is -0.488 e. The van der Waals surface area contributed by atoms with Crippen LogP contribution in [-0.2, 0) is 18.3 Å². The lowest BCUT2D eigenvalue weighted by Crippen LogP contribution is -2.39. The summed E-state index contributed by atoms with van der Waals surface area (Å²) in [5, 5.41) is 14.5. The molecule has 0 N–H and O–H groups in total. The van der Waals surface area contributed by atoms with Crippen LogP contribution in [0.25, 0.3) is 33.6 Å². The molecule has 2 heterocycles. The van der Waals surface area contributed by atoms with Crippen LogP contribution in [0.4, 0.5) is 13.2 Å². The van der Waals surface area contributed by atoms with Crippen LogP contribution in [0.15, 0.2) is 170 Å². The smallest absolute Gasteiger partial charge is 0.416 e. The number of hydrogen-bond donors (Lipinski definition) is 0. The summed E-state index contributed by atoms with van der Waals surface area (Å²) in [4.78, 5) is 6.28. The van der Waals surface area contributed by atoms with Crippen LogP contribution >= 0.6 is 0 Å². The number of aromatic nitrogens is 5. The molecule has 0 aliphatic rings. The SMILES string of the molecule is Cc1cc(OCc2ccc(-c3ccccc3-c3nnn(C(c4ccccc4)(c4ccccc4)c4ccccc4)n3)cc2)c(-c2ccc(C(F)(F)F)cc2)c(C)n1. The van der Waals surface area contributed by atoms with Crippen molar-refractivity contribution in [1.29, 1.82) is 0 Å². The third-order valence-corrected chi connectivity index (χ3v) is 9.91. The average molecular weight is 744 g/mol. The van der Waals surface area contributed by atoms with E-state index in [1.807, 2.05) is 123 Å². The van der Waals surface area contributed by atoms with Crippen molar-refractivity contribution >= 4 is 0 Å². The third-order valence-electron chi connectivity index (χ3n) is 9.91. The number of aryl methyl sites for hydroxylation is 2. The van der Waals surface area contributed by atoms with Crippen LogP contribution in [0.2, 0.25) is 0 Å². The molecule has 0 bridgehead atoms. The first-order valence-corrected chi connectivity index (χ1v) is 18.2. The van der Waals surface area contributed by atoms with E-state index in [2.05, 4.69) is 46.5 Å². The first-order chi connectivity index (χ1) is 27.2. The normalized spacial score (nSPS) is 11.7. The molecule has 0 aliphatic carbocycles. The molecule has 9 heteroatoms. The number of tetrazole rings is 1. The molecule has 276 valence electrons. The fourth-order valence-corrected chi connectivity index (χ4v) is 7.30. The minimum atomic E-state index is -4.42. The molecular weight excluding hydrogens is 708 g/mol. The second kappa shape index (κ2) is 15.1. The zero-order valence-corrected chi connectivity index (χ0v) is 30.7. The van der Waals surface area contributed by atoms with Crippen molar-refractivity contribution in [3.8, 4) is 39.4 Å². The van der Waals surface area contributed by atoms with Gasteiger partial charge in [-0.1, -0.05) is 152 Å². The van der Waals surface area contributed by atoms with Crippen LogP contribution in [0.1, 0.15) is 39.2 Å².